The van der Waals surface area contributed by atoms with E-state index in [1.807, 2.05) is 0 Å². The summed E-state index contributed by atoms with van der Waals surface area (Å²) in [5, 5.41) is 8.41. The van der Waals surface area contributed by atoms with Crippen molar-refractivity contribution in [3.8, 4) is 0 Å². The molecule has 0 aliphatic heterocycles. The quantitative estimate of drug-likeness (QED) is 0.739. The van der Waals surface area contributed by atoms with Crippen LogP contribution in [0.15, 0.2) is 0 Å². The molecule has 1 rings (SSSR count). The number of rotatable bonds is 6. The summed E-state index contributed by atoms with van der Waals surface area (Å²) in [6.07, 6.45) is 5.67. The van der Waals surface area contributed by atoms with Gasteiger partial charge in [0.2, 0.25) is 0 Å². The molecule has 1 fully saturated rings. The van der Waals surface area contributed by atoms with Crippen molar-refractivity contribution in [1.29, 1.82) is 0 Å². The van der Waals surface area contributed by atoms with E-state index in [-0.39, 0.29) is 6.42 Å². The van der Waals surface area contributed by atoms with Crippen molar-refractivity contribution in [3.05, 3.63) is 0 Å². The molecule has 0 bridgehead atoms. The average molecular weight is 218 g/mol. The van der Waals surface area contributed by atoms with Gasteiger partial charge in [-0.05, 0) is 25.2 Å². The summed E-state index contributed by atoms with van der Waals surface area (Å²) in [7, 11) is -0.790. The predicted octanol–water partition coefficient (Wildman–Crippen LogP) is 1.79. The minimum atomic E-state index is -0.790. The SMILES string of the molecule is O=C(O)CCCS(=O)CC1CCCC1. The van der Waals surface area contributed by atoms with Crippen LogP contribution in [-0.2, 0) is 15.6 Å². The maximum Gasteiger partial charge on any atom is 0.303 e. The Morgan fingerprint density at radius 2 is 2.00 bits per heavy atom. The Balaban J connectivity index is 2.06. The molecule has 1 aliphatic rings. The van der Waals surface area contributed by atoms with Crippen molar-refractivity contribution in [3.63, 3.8) is 0 Å². The molecule has 1 saturated carbocycles. The van der Waals surface area contributed by atoms with E-state index >= 15 is 0 Å². The van der Waals surface area contributed by atoms with Crippen LogP contribution in [0.2, 0.25) is 0 Å². The largest absolute Gasteiger partial charge is 0.481 e. The molecule has 82 valence electrons. The highest BCUT2D eigenvalue weighted by atomic mass is 32.2. The number of carboxylic acids is 1. The molecule has 1 N–H and O–H groups in total. The average Bonchev–Trinajstić information content (AvgIpc) is 2.56. The first-order chi connectivity index (χ1) is 6.68. The zero-order chi connectivity index (χ0) is 10.4. The normalized spacial score (nSPS) is 19.7. The Kier molecular flexibility index (Phi) is 5.15. The van der Waals surface area contributed by atoms with Gasteiger partial charge < -0.3 is 5.11 Å². The second kappa shape index (κ2) is 6.17. The third-order valence-electron chi connectivity index (χ3n) is 2.66. The summed E-state index contributed by atoms with van der Waals surface area (Å²) >= 11 is 0. The molecule has 1 aliphatic carbocycles. The first-order valence-corrected chi connectivity index (χ1v) is 6.74. The van der Waals surface area contributed by atoms with Crippen molar-refractivity contribution in [2.45, 2.75) is 38.5 Å². The molecule has 3 nitrogen and oxygen atoms in total. The van der Waals surface area contributed by atoms with Gasteiger partial charge in [-0.25, -0.2) is 0 Å². The lowest BCUT2D eigenvalue weighted by Gasteiger charge is -2.07. The topological polar surface area (TPSA) is 54.4 Å². The van der Waals surface area contributed by atoms with Crippen LogP contribution in [-0.4, -0.2) is 26.8 Å². The molecule has 14 heavy (non-hydrogen) atoms. The van der Waals surface area contributed by atoms with E-state index in [1.165, 1.54) is 25.7 Å². The van der Waals surface area contributed by atoms with Gasteiger partial charge in [-0.3, -0.25) is 9.00 Å². The molecular weight excluding hydrogens is 200 g/mol. The van der Waals surface area contributed by atoms with Gasteiger partial charge in [-0.1, -0.05) is 12.8 Å². The lowest BCUT2D eigenvalue weighted by molar-refractivity contribution is -0.137. The zero-order valence-corrected chi connectivity index (χ0v) is 9.22. The Labute approximate surface area is 87.3 Å². The van der Waals surface area contributed by atoms with Gasteiger partial charge in [-0.2, -0.15) is 0 Å². The van der Waals surface area contributed by atoms with Gasteiger partial charge in [0.25, 0.3) is 0 Å². The Bertz CT molecular complexity index is 209. The predicted molar refractivity (Wildman–Crippen MR) is 56.7 cm³/mol. The first kappa shape index (κ1) is 11.7. The molecule has 0 aromatic rings. The number of hydrogen-bond donors (Lipinski definition) is 1. The fourth-order valence-electron chi connectivity index (χ4n) is 1.91. The van der Waals surface area contributed by atoms with Crippen LogP contribution in [0.1, 0.15) is 38.5 Å². The zero-order valence-electron chi connectivity index (χ0n) is 8.41. The Morgan fingerprint density at radius 1 is 1.36 bits per heavy atom. The molecule has 0 aromatic heterocycles. The van der Waals surface area contributed by atoms with Crippen molar-refractivity contribution >= 4 is 16.8 Å². The van der Waals surface area contributed by atoms with Gasteiger partial charge in [0.05, 0.1) is 0 Å². The van der Waals surface area contributed by atoms with E-state index in [0.29, 0.717) is 18.1 Å². The summed E-state index contributed by atoms with van der Waals surface area (Å²) in [5.41, 5.74) is 0. The Hall–Kier alpha value is -0.380. The second-order valence-corrected chi connectivity index (χ2v) is 5.58. The van der Waals surface area contributed by atoms with Crippen LogP contribution in [0.3, 0.4) is 0 Å². The van der Waals surface area contributed by atoms with Gasteiger partial charge in [0.15, 0.2) is 0 Å². The number of aliphatic carboxylic acids is 1. The van der Waals surface area contributed by atoms with E-state index in [0.717, 1.165) is 5.75 Å². The smallest absolute Gasteiger partial charge is 0.303 e. The van der Waals surface area contributed by atoms with Crippen LogP contribution < -0.4 is 0 Å². The van der Waals surface area contributed by atoms with Crippen molar-refractivity contribution in [2.24, 2.45) is 5.92 Å². The minimum Gasteiger partial charge on any atom is -0.481 e. The molecule has 4 heteroatoms. The van der Waals surface area contributed by atoms with E-state index in [4.69, 9.17) is 5.11 Å². The van der Waals surface area contributed by atoms with Crippen molar-refractivity contribution in [2.75, 3.05) is 11.5 Å². The van der Waals surface area contributed by atoms with Crippen molar-refractivity contribution in [1.82, 2.24) is 0 Å². The van der Waals surface area contributed by atoms with E-state index in [2.05, 4.69) is 0 Å². The molecule has 0 aromatic carbocycles. The van der Waals surface area contributed by atoms with Crippen LogP contribution >= 0.6 is 0 Å². The Morgan fingerprint density at radius 3 is 2.57 bits per heavy atom. The molecule has 0 heterocycles. The van der Waals surface area contributed by atoms with E-state index in [1.54, 1.807) is 0 Å². The van der Waals surface area contributed by atoms with E-state index < -0.39 is 16.8 Å². The minimum absolute atomic E-state index is 0.149. The van der Waals surface area contributed by atoms with Gasteiger partial charge in [0, 0.05) is 28.7 Å². The maximum atomic E-state index is 11.5. The molecule has 0 radical (unpaired) electrons. The van der Waals surface area contributed by atoms with Crippen LogP contribution in [0.4, 0.5) is 0 Å². The number of hydrogen-bond acceptors (Lipinski definition) is 2. The van der Waals surface area contributed by atoms with Gasteiger partial charge in [-0.15, -0.1) is 0 Å². The van der Waals surface area contributed by atoms with Crippen LogP contribution in [0.5, 0.6) is 0 Å². The van der Waals surface area contributed by atoms with Crippen molar-refractivity contribution < 1.29 is 14.1 Å². The standard InChI is InChI=1S/C10H18O3S/c11-10(12)6-3-7-14(13)8-9-4-1-2-5-9/h9H,1-8H2,(H,11,12). The highest BCUT2D eigenvalue weighted by Gasteiger charge is 2.17. The highest BCUT2D eigenvalue weighted by molar-refractivity contribution is 7.84. The maximum absolute atomic E-state index is 11.5. The molecule has 0 amide bonds. The highest BCUT2D eigenvalue weighted by Crippen LogP contribution is 2.25. The molecular formula is C10H18O3S. The summed E-state index contributed by atoms with van der Waals surface area (Å²) in [5.74, 6) is 1.20. The monoisotopic (exact) mass is 218 g/mol. The third kappa shape index (κ3) is 4.74. The summed E-state index contributed by atoms with van der Waals surface area (Å²) in [6.45, 7) is 0. The second-order valence-electron chi connectivity index (χ2n) is 3.96. The lowest BCUT2D eigenvalue weighted by atomic mass is 10.1. The molecule has 0 saturated heterocycles. The molecule has 1 unspecified atom stereocenters. The third-order valence-corrected chi connectivity index (χ3v) is 4.25. The van der Waals surface area contributed by atoms with E-state index in [9.17, 15) is 9.00 Å². The number of carboxylic acid groups (broad SMARTS) is 1. The lowest BCUT2D eigenvalue weighted by Crippen LogP contribution is -2.11. The van der Waals surface area contributed by atoms with Crippen LogP contribution in [0.25, 0.3) is 0 Å². The fraction of sp³-hybridized carbons (Fsp3) is 0.900. The van der Waals surface area contributed by atoms with Gasteiger partial charge >= 0.3 is 5.97 Å². The summed E-state index contributed by atoms with van der Waals surface area (Å²) < 4.78 is 11.5. The molecule has 0 spiro atoms. The summed E-state index contributed by atoms with van der Waals surface area (Å²) in [6, 6.07) is 0. The summed E-state index contributed by atoms with van der Waals surface area (Å²) in [4.78, 5) is 10.2. The fourth-order valence-corrected chi connectivity index (χ4v) is 3.40. The van der Waals surface area contributed by atoms with Gasteiger partial charge in [0.1, 0.15) is 0 Å². The first-order valence-electron chi connectivity index (χ1n) is 5.25. The number of carbonyl (C=O) groups is 1. The van der Waals surface area contributed by atoms with Crippen LogP contribution in [0, 0.1) is 5.92 Å². The molecule has 1 atom stereocenters.